The number of hydrogen-bond acceptors (Lipinski definition) is 5. The van der Waals surface area contributed by atoms with Crippen molar-refractivity contribution in [1.29, 1.82) is 0 Å². The van der Waals surface area contributed by atoms with Gasteiger partial charge in [-0.2, -0.15) is 0 Å². The third-order valence-electron chi connectivity index (χ3n) is 7.24. The van der Waals surface area contributed by atoms with Gasteiger partial charge in [-0.15, -0.1) is 0 Å². The average Bonchev–Trinajstić information content (AvgIpc) is 2.89. The van der Waals surface area contributed by atoms with Crippen LogP contribution < -0.4 is 4.74 Å². The van der Waals surface area contributed by atoms with Crippen LogP contribution >= 0.6 is 23.2 Å². The summed E-state index contributed by atoms with van der Waals surface area (Å²) in [5.74, 6) is -5.65. The van der Waals surface area contributed by atoms with E-state index in [-0.39, 0.29) is 21.2 Å². The lowest BCUT2D eigenvalue weighted by molar-refractivity contribution is -0.386. The van der Waals surface area contributed by atoms with Gasteiger partial charge in [0.05, 0.1) is 21.0 Å². The molecule has 0 heterocycles. The summed E-state index contributed by atoms with van der Waals surface area (Å²) in [4.78, 5) is 22.0. The molecule has 0 N–H and O–H groups in total. The molecule has 0 radical (unpaired) electrons. The summed E-state index contributed by atoms with van der Waals surface area (Å²) < 4.78 is 67.6. The molecule has 0 saturated carbocycles. The first-order valence-corrected chi connectivity index (χ1v) is 13.3. The van der Waals surface area contributed by atoms with Gasteiger partial charge >= 0.3 is 0 Å². The largest absolute Gasteiger partial charge is 0.451 e. The van der Waals surface area contributed by atoms with E-state index in [1.165, 1.54) is 52.0 Å². The summed E-state index contributed by atoms with van der Waals surface area (Å²) in [6.07, 6.45) is 0. The number of nitro benzene ring substituents is 2. The molecule has 0 aliphatic carbocycles. The SMILES string of the molecule is CC(C)(c1ccc(Cl)cc1F)c1c([N+](=O)[O-])ccc(Oc2ccc([N+](=O)[O-])c(C(C)(C)c3ccc(Cl)cc3F)c2F)c1F. The minimum Gasteiger partial charge on any atom is -0.451 e. The molecule has 0 aliphatic rings. The zero-order chi connectivity index (χ0) is 32.0. The third kappa shape index (κ3) is 5.74. The van der Waals surface area contributed by atoms with Crippen molar-refractivity contribution in [3.63, 3.8) is 0 Å². The van der Waals surface area contributed by atoms with Gasteiger partial charge in [0.1, 0.15) is 11.6 Å². The number of halogens is 6. The molecule has 4 aromatic rings. The Morgan fingerprint density at radius 1 is 0.628 bits per heavy atom. The molecule has 0 bridgehead atoms. The molecule has 4 aromatic carbocycles. The third-order valence-corrected chi connectivity index (χ3v) is 7.71. The maximum atomic E-state index is 16.1. The first kappa shape index (κ1) is 31.7. The summed E-state index contributed by atoms with van der Waals surface area (Å²) in [5.41, 5.74) is -6.09. The Morgan fingerprint density at radius 3 is 1.28 bits per heavy atom. The minimum absolute atomic E-state index is 0.0509. The second-order valence-electron chi connectivity index (χ2n) is 10.7. The van der Waals surface area contributed by atoms with Crippen molar-refractivity contribution in [3.8, 4) is 11.5 Å². The van der Waals surface area contributed by atoms with Crippen LogP contribution in [0.5, 0.6) is 11.5 Å². The minimum atomic E-state index is -1.66. The lowest BCUT2D eigenvalue weighted by Crippen LogP contribution is -2.25. The van der Waals surface area contributed by atoms with Crippen LogP contribution in [0.1, 0.15) is 49.9 Å². The Hall–Kier alpha value is -4.22. The molecule has 0 fully saturated rings. The standard InChI is InChI=1S/C30H22Cl2F4N2O5/c1-29(2,17-7-5-15(31)13-19(17)33)25-21(37(39)40)9-11-23(27(25)35)43-24-12-10-22(38(41)42)26(28(24)36)30(3,4)18-8-6-16(32)14-20(18)34/h5-14H,1-4H3. The van der Waals surface area contributed by atoms with Gasteiger partial charge < -0.3 is 4.74 Å². The van der Waals surface area contributed by atoms with Gasteiger partial charge in [0.25, 0.3) is 11.4 Å². The van der Waals surface area contributed by atoms with Crippen molar-refractivity contribution in [2.24, 2.45) is 0 Å². The number of nitro groups is 2. The number of nitrogens with zero attached hydrogens (tertiary/aromatic N) is 2. The maximum absolute atomic E-state index is 16.1. The van der Waals surface area contributed by atoms with Gasteiger partial charge in [-0.3, -0.25) is 20.2 Å². The van der Waals surface area contributed by atoms with Gasteiger partial charge in [-0.1, -0.05) is 63.0 Å². The van der Waals surface area contributed by atoms with Crippen LogP contribution in [0.2, 0.25) is 10.0 Å². The summed E-state index contributed by atoms with van der Waals surface area (Å²) in [5, 5.41) is 23.9. The van der Waals surface area contributed by atoms with Gasteiger partial charge in [0, 0.05) is 33.0 Å². The van der Waals surface area contributed by atoms with Crippen molar-refractivity contribution in [2.75, 3.05) is 0 Å². The van der Waals surface area contributed by atoms with Crippen LogP contribution in [0, 0.1) is 43.5 Å². The van der Waals surface area contributed by atoms with Crippen LogP contribution in [0.3, 0.4) is 0 Å². The molecule has 0 unspecified atom stereocenters. The predicted molar refractivity (Wildman–Crippen MR) is 153 cm³/mol. The smallest absolute Gasteiger partial charge is 0.276 e. The van der Waals surface area contributed by atoms with E-state index in [0.29, 0.717) is 0 Å². The number of hydrogen-bond donors (Lipinski definition) is 0. The first-order valence-electron chi connectivity index (χ1n) is 12.5. The van der Waals surface area contributed by atoms with Crippen LogP contribution in [-0.4, -0.2) is 9.85 Å². The number of ether oxygens (including phenoxy) is 1. The van der Waals surface area contributed by atoms with Crippen molar-refractivity contribution >= 4 is 34.6 Å². The van der Waals surface area contributed by atoms with E-state index in [4.69, 9.17) is 27.9 Å². The second kappa shape index (κ2) is 11.5. The molecule has 0 atom stereocenters. The highest BCUT2D eigenvalue weighted by atomic mass is 35.5. The van der Waals surface area contributed by atoms with Gasteiger partial charge in [0.2, 0.25) is 0 Å². The molecule has 0 saturated heterocycles. The molecule has 0 spiro atoms. The van der Waals surface area contributed by atoms with E-state index < -0.39 is 77.9 Å². The lowest BCUT2D eigenvalue weighted by Gasteiger charge is -2.28. The lowest BCUT2D eigenvalue weighted by atomic mass is 9.76. The van der Waals surface area contributed by atoms with E-state index >= 15 is 8.78 Å². The van der Waals surface area contributed by atoms with Crippen LogP contribution in [0.4, 0.5) is 28.9 Å². The summed E-state index contributed by atoms with van der Waals surface area (Å²) in [6.45, 7) is 5.40. The van der Waals surface area contributed by atoms with Crippen LogP contribution in [-0.2, 0) is 10.8 Å². The molecule has 0 amide bonds. The highest BCUT2D eigenvalue weighted by Gasteiger charge is 2.40. The Morgan fingerprint density at radius 2 is 0.977 bits per heavy atom. The average molecular weight is 637 g/mol. The van der Waals surface area contributed by atoms with E-state index in [9.17, 15) is 29.0 Å². The van der Waals surface area contributed by atoms with E-state index in [0.717, 1.165) is 36.4 Å². The molecule has 0 aromatic heterocycles. The quantitative estimate of drug-likeness (QED) is 0.109. The monoisotopic (exact) mass is 636 g/mol. The van der Waals surface area contributed by atoms with Gasteiger partial charge in [-0.05, 0) is 47.5 Å². The predicted octanol–water partition coefficient (Wildman–Crippen LogP) is 9.81. The molecular formula is C30H22Cl2F4N2O5. The molecule has 7 nitrogen and oxygen atoms in total. The summed E-state index contributed by atoms with van der Waals surface area (Å²) in [7, 11) is 0. The molecule has 13 heteroatoms. The maximum Gasteiger partial charge on any atom is 0.276 e. The highest BCUT2D eigenvalue weighted by molar-refractivity contribution is 6.30. The van der Waals surface area contributed by atoms with E-state index in [2.05, 4.69) is 0 Å². The zero-order valence-corrected chi connectivity index (χ0v) is 24.5. The van der Waals surface area contributed by atoms with Crippen molar-refractivity contribution in [1.82, 2.24) is 0 Å². The van der Waals surface area contributed by atoms with Crippen molar-refractivity contribution in [2.45, 2.75) is 38.5 Å². The van der Waals surface area contributed by atoms with Gasteiger partial charge in [-0.25, -0.2) is 17.6 Å². The fourth-order valence-corrected chi connectivity index (χ4v) is 5.44. The Kier molecular flexibility index (Phi) is 8.45. The Balaban J connectivity index is 1.91. The molecular weight excluding hydrogens is 615 g/mol. The number of benzene rings is 4. The van der Waals surface area contributed by atoms with E-state index in [1.807, 2.05) is 0 Å². The normalized spacial score (nSPS) is 11.9. The molecule has 43 heavy (non-hydrogen) atoms. The number of rotatable bonds is 8. The Bertz CT molecular complexity index is 1670. The Labute approximate surface area is 252 Å². The topological polar surface area (TPSA) is 95.5 Å². The second-order valence-corrected chi connectivity index (χ2v) is 11.5. The fraction of sp³-hybridized carbons (Fsp3) is 0.200. The summed E-state index contributed by atoms with van der Waals surface area (Å²) in [6, 6.07) is 10.7. The zero-order valence-electron chi connectivity index (χ0n) is 23.0. The van der Waals surface area contributed by atoms with Crippen molar-refractivity contribution in [3.05, 3.63) is 136 Å². The molecule has 4 rings (SSSR count). The van der Waals surface area contributed by atoms with Crippen molar-refractivity contribution < 1.29 is 32.1 Å². The molecule has 0 aliphatic heterocycles. The van der Waals surface area contributed by atoms with Crippen LogP contribution in [0.25, 0.3) is 0 Å². The first-order chi connectivity index (χ1) is 20.0. The van der Waals surface area contributed by atoms with Crippen LogP contribution in [0.15, 0.2) is 60.7 Å². The van der Waals surface area contributed by atoms with Gasteiger partial charge in [0.15, 0.2) is 23.1 Å². The van der Waals surface area contributed by atoms with E-state index in [1.54, 1.807) is 0 Å². The fourth-order valence-electron chi connectivity index (χ4n) is 5.13. The molecule has 224 valence electrons. The highest BCUT2D eigenvalue weighted by Crippen LogP contribution is 2.46. The summed E-state index contributed by atoms with van der Waals surface area (Å²) >= 11 is 11.7.